The number of nitrogens with one attached hydrogen (secondary N) is 8. The number of hydrogen-bond acceptors (Lipinski definition) is 21. The van der Waals surface area contributed by atoms with Crippen molar-refractivity contribution in [3.05, 3.63) is 41.7 Å². The van der Waals surface area contributed by atoms with Crippen LogP contribution >= 0.6 is 23.3 Å². The Morgan fingerprint density at radius 3 is 1.46 bits per heavy atom. The Labute approximate surface area is 628 Å². The Morgan fingerprint density at radius 1 is 0.509 bits per heavy atom. The summed E-state index contributed by atoms with van der Waals surface area (Å²) < 4.78 is 27.9. The summed E-state index contributed by atoms with van der Waals surface area (Å²) in [5, 5.41) is 94.2. The SMILES string of the molecule is CC(C)(C)[SiH](c1ccc(C(=O)NC[C@@H](C(=O)N[C@H](CCCCNC(=O)CCC(=O)NCCC[C@H](NC(=O)CC[C@H](NC(=O)N[C@@H](CCC(=O)O)C(=O)O)C(=O)O)C(=O)O)C(=O)O)n2cc(CNC(=O)CCP(=O)(O)CN3CCN(CPCCC(=O)O)CCN(CP(=O)(O)CCC(=O)O)CC3)nn2)cc1)C(C)(C)C. The molecule has 3 rings (SSSR count). The quantitative estimate of drug-likeness (QED) is 0.0239. The van der Waals surface area contributed by atoms with Crippen molar-refractivity contribution in [3.63, 3.8) is 0 Å². The lowest BCUT2D eigenvalue weighted by Gasteiger charge is -2.39. The Bertz CT molecular complexity index is 3490. The summed E-state index contributed by atoms with van der Waals surface area (Å²) in [5.41, 5.74) is 0.379. The highest BCUT2D eigenvalue weighted by atomic mass is 31.2. The average molecular weight is 1610 g/mol. The molecule has 39 nitrogen and oxygen atoms in total. The van der Waals surface area contributed by atoms with Gasteiger partial charge in [-0.25, -0.2) is 28.7 Å². The van der Waals surface area contributed by atoms with E-state index < -0.39 is 194 Å². The van der Waals surface area contributed by atoms with E-state index in [1.54, 1.807) is 21.9 Å². The van der Waals surface area contributed by atoms with Crippen LogP contribution in [0.2, 0.25) is 10.1 Å². The van der Waals surface area contributed by atoms with E-state index in [1.165, 1.54) is 6.20 Å². The minimum absolute atomic E-state index is 0.00318. The lowest BCUT2D eigenvalue weighted by atomic mass is 10.1. The van der Waals surface area contributed by atoms with Crippen molar-refractivity contribution in [1.29, 1.82) is 0 Å². The van der Waals surface area contributed by atoms with Crippen LogP contribution < -0.4 is 47.7 Å². The van der Waals surface area contributed by atoms with E-state index in [-0.39, 0.29) is 127 Å². The number of carbonyl (C=O) groups is 14. The molecule has 0 radical (unpaired) electrons. The number of urea groups is 1. The summed E-state index contributed by atoms with van der Waals surface area (Å²) >= 11 is 0. The molecule has 8 atom stereocenters. The first-order valence-corrected chi connectivity index (χ1v) is 42.5. The molecule has 0 aliphatic carbocycles. The molecule has 0 spiro atoms. The zero-order chi connectivity index (χ0) is 81.1. The number of aromatic nitrogens is 3. The van der Waals surface area contributed by atoms with Crippen molar-refractivity contribution < 1.29 is 122 Å². The van der Waals surface area contributed by atoms with Gasteiger partial charge in [0.2, 0.25) is 44.3 Å². The van der Waals surface area contributed by atoms with Gasteiger partial charge in [-0.3, -0.25) is 67.0 Å². The van der Waals surface area contributed by atoms with E-state index in [4.69, 9.17) is 15.3 Å². The fourth-order valence-electron chi connectivity index (χ4n) is 12.0. The van der Waals surface area contributed by atoms with Crippen molar-refractivity contribution >= 4 is 121 Å². The molecule has 2 aromatic rings. The Hall–Kier alpha value is -8.35. The van der Waals surface area contributed by atoms with Crippen molar-refractivity contribution in [1.82, 2.24) is 72.2 Å². The summed E-state index contributed by atoms with van der Waals surface area (Å²) in [5.74, 6) is -13.7. The topological polar surface area (TPSA) is 592 Å². The molecule has 3 unspecified atom stereocenters. The number of hydrogen-bond donors (Lipinski definition) is 17. The van der Waals surface area contributed by atoms with E-state index in [9.17, 15) is 106 Å². The van der Waals surface area contributed by atoms with Crippen molar-refractivity contribution in [3.8, 4) is 0 Å². The van der Waals surface area contributed by atoms with Gasteiger partial charge in [-0.05, 0) is 73.3 Å². The molecule has 2 heterocycles. The van der Waals surface area contributed by atoms with E-state index in [1.807, 2.05) is 27.7 Å². The molecule has 0 saturated carbocycles. The number of carbonyl (C=O) groups excluding carboxylic acids is 7. The van der Waals surface area contributed by atoms with Gasteiger partial charge in [0.1, 0.15) is 35.9 Å². The molecular formula is C65H107N14O25P3Si. The third-order valence-corrected chi connectivity index (χ3v) is 26.5. The van der Waals surface area contributed by atoms with Gasteiger partial charge in [-0.2, -0.15) is 0 Å². The first-order chi connectivity index (χ1) is 50.4. The molecule has 1 aliphatic rings. The van der Waals surface area contributed by atoms with Gasteiger partial charge in [-0.1, -0.05) is 64.1 Å². The fourth-order valence-corrected chi connectivity index (χ4v) is 21.6. The highest BCUT2D eigenvalue weighted by molar-refractivity contribution is 7.58. The standard InChI is InChI=1S/C65H107N14O25P3Si/c1-64(2,3)108(65(4,5)6)44-14-12-42(13-15-44)57(90)69-37-49(79-38-43(74-75-79)36-68-52(82)23-34-106(101,102)40-77-29-27-76(39-105-33-22-55(86)87)28-30-78(32-31-77)41-107(103,104)35-24-56(88)89)58(91)71-46(60(94)95)10-7-8-25-66-50(80)19-20-51(81)67-26-9-11-45(59(92)93)70-53(83)18-16-47(61(96)97)72-63(100)73-48(62(98)99)17-21-54(84)85/h12-15,38,45-49,105,108H,7-11,16-37,39-41H2,1-6H3,(H,66,80)(H,67,81)(H,68,82)(H,69,90)(H,70,83)(H,71,91)(H,84,85)(H,86,87)(H,88,89)(H,92,93)(H,94,95)(H,96,97)(H,98,99)(H,101,102)(H,103,104)(H2,72,73,100)/t45-,46+,47-,48-,49-/m0/s1. The molecule has 43 heteroatoms. The molecule has 1 aromatic carbocycles. The van der Waals surface area contributed by atoms with Crippen LogP contribution in [0.25, 0.3) is 0 Å². The van der Waals surface area contributed by atoms with Gasteiger partial charge in [0.15, 0.2) is 0 Å². The van der Waals surface area contributed by atoms with Crippen molar-refractivity contribution in [2.24, 2.45) is 0 Å². The summed E-state index contributed by atoms with van der Waals surface area (Å²) in [6.07, 6.45) is -3.03. The average Bonchev–Trinajstić information content (AvgIpc) is 0.946. The van der Waals surface area contributed by atoms with E-state index in [2.05, 4.69) is 83.8 Å². The van der Waals surface area contributed by atoms with Crippen LogP contribution in [-0.4, -0.2) is 288 Å². The van der Waals surface area contributed by atoms with Crippen LogP contribution in [0, 0.1) is 0 Å². The van der Waals surface area contributed by atoms with Crippen LogP contribution in [0.3, 0.4) is 0 Å². The monoisotopic (exact) mass is 1600 g/mol. The number of benzene rings is 1. The third kappa shape index (κ3) is 38.1. The number of aliphatic carboxylic acids is 7. The van der Waals surface area contributed by atoms with Crippen molar-refractivity contribution in [2.75, 3.05) is 96.2 Å². The number of amides is 8. The maximum Gasteiger partial charge on any atom is 0.326 e. The second-order valence-electron chi connectivity index (χ2n) is 28.5. The minimum Gasteiger partial charge on any atom is -0.481 e. The summed E-state index contributed by atoms with van der Waals surface area (Å²) in [6, 6.07) is -1.86. The zero-order valence-corrected chi connectivity index (χ0v) is 65.6. The maximum absolute atomic E-state index is 14.2. The van der Waals surface area contributed by atoms with Gasteiger partial charge in [-0.15, -0.1) is 13.7 Å². The molecule has 8 amide bonds. The molecule has 0 bridgehead atoms. The summed E-state index contributed by atoms with van der Waals surface area (Å²) in [6.45, 7) is 14.2. The van der Waals surface area contributed by atoms with Crippen molar-refractivity contribution in [2.45, 2.75) is 178 Å². The summed E-state index contributed by atoms with van der Waals surface area (Å²) in [4.78, 5) is 200. The fraction of sp³-hybridized carbons (Fsp3) is 0.662. The second kappa shape index (κ2) is 46.2. The van der Waals surface area contributed by atoms with Gasteiger partial charge in [0, 0.05) is 122 Å². The smallest absolute Gasteiger partial charge is 0.326 e. The minimum atomic E-state index is -4.07. The van der Waals surface area contributed by atoms with Crippen LogP contribution in [0.4, 0.5) is 4.79 Å². The van der Waals surface area contributed by atoms with E-state index in [0.29, 0.717) is 38.6 Å². The largest absolute Gasteiger partial charge is 0.481 e. The molecule has 1 fully saturated rings. The first-order valence-electron chi connectivity index (χ1n) is 35.3. The Morgan fingerprint density at radius 2 is 0.963 bits per heavy atom. The molecule has 17 N–H and O–H groups in total. The highest BCUT2D eigenvalue weighted by Crippen LogP contribution is 2.44. The van der Waals surface area contributed by atoms with E-state index >= 15 is 0 Å². The number of carboxylic acid groups (broad SMARTS) is 7. The third-order valence-electron chi connectivity index (χ3n) is 17.2. The van der Waals surface area contributed by atoms with Gasteiger partial charge in [0.05, 0.1) is 40.5 Å². The van der Waals surface area contributed by atoms with Crippen LogP contribution in [-0.2, 0) is 73.2 Å². The summed E-state index contributed by atoms with van der Waals surface area (Å²) in [7, 11) is -9.38. The van der Waals surface area contributed by atoms with Crippen LogP contribution in [0.1, 0.15) is 154 Å². The first kappa shape index (κ1) is 93.9. The lowest BCUT2D eigenvalue weighted by Crippen LogP contribution is -2.51. The predicted octanol–water partition coefficient (Wildman–Crippen LogP) is 0.203. The van der Waals surface area contributed by atoms with Crippen LogP contribution in [0.5, 0.6) is 0 Å². The van der Waals surface area contributed by atoms with Gasteiger partial charge >= 0.3 is 47.8 Å². The van der Waals surface area contributed by atoms with Gasteiger partial charge in [0.25, 0.3) is 5.91 Å². The number of rotatable bonds is 49. The number of unbranched alkanes of at least 4 members (excludes halogenated alkanes) is 1. The lowest BCUT2D eigenvalue weighted by molar-refractivity contribution is -0.143. The normalized spacial score (nSPS) is 15.9. The second-order valence-corrected chi connectivity index (χ2v) is 39.7. The predicted molar refractivity (Wildman–Crippen MR) is 395 cm³/mol. The molecule has 1 saturated heterocycles. The maximum atomic E-state index is 14.2. The molecular weight excluding hydrogens is 1500 g/mol. The highest BCUT2D eigenvalue weighted by Gasteiger charge is 2.38. The number of nitrogens with zero attached hydrogens (tertiary/aromatic N) is 6. The Kier molecular flexibility index (Phi) is 40.2. The molecule has 108 heavy (non-hydrogen) atoms. The number of carboxylic acids is 7. The molecule has 606 valence electrons. The zero-order valence-electron chi connectivity index (χ0n) is 61.7. The Balaban J connectivity index is 1.61. The molecule has 1 aliphatic heterocycles. The van der Waals surface area contributed by atoms with E-state index in [0.717, 1.165) is 9.87 Å². The molecule has 1 aromatic heterocycles. The van der Waals surface area contributed by atoms with Crippen LogP contribution in [0.15, 0.2) is 30.5 Å². The van der Waals surface area contributed by atoms with Gasteiger partial charge < -0.3 is 88.1 Å².